The van der Waals surface area contributed by atoms with Gasteiger partial charge in [0, 0.05) is 28.7 Å². The standard InChI is InChI=1S/C23H23ClN4O2/c24-19-6-3-5-18(14-19)22-25-21(30-26-22)15-27-11-8-17(9-12-27)23(29)28-13-10-16-4-1-2-7-20(16)28/h1-7,14,17H,8-13,15H2. The molecule has 3 heterocycles. The van der Waals surface area contributed by atoms with Crippen molar-refractivity contribution in [1.29, 1.82) is 0 Å². The van der Waals surface area contributed by atoms with Gasteiger partial charge in [0.25, 0.3) is 0 Å². The molecular formula is C23H23ClN4O2. The number of carbonyl (C=O) groups excluding carboxylic acids is 1. The molecule has 1 aromatic heterocycles. The van der Waals surface area contributed by atoms with Crippen molar-refractivity contribution in [2.45, 2.75) is 25.8 Å². The number of fused-ring (bicyclic) bond motifs is 1. The summed E-state index contributed by atoms with van der Waals surface area (Å²) in [4.78, 5) is 21.8. The Morgan fingerprint density at radius 3 is 2.77 bits per heavy atom. The van der Waals surface area contributed by atoms with Crippen LogP contribution >= 0.6 is 11.6 Å². The Balaban J connectivity index is 1.18. The van der Waals surface area contributed by atoms with Crippen LogP contribution in [0.1, 0.15) is 24.3 Å². The summed E-state index contributed by atoms with van der Waals surface area (Å²) in [6.45, 7) is 3.09. The van der Waals surface area contributed by atoms with Crippen molar-refractivity contribution in [3.63, 3.8) is 0 Å². The molecule has 6 nitrogen and oxygen atoms in total. The first-order valence-corrected chi connectivity index (χ1v) is 10.8. The Kier molecular flexibility index (Phi) is 5.27. The zero-order valence-corrected chi connectivity index (χ0v) is 17.4. The van der Waals surface area contributed by atoms with Gasteiger partial charge < -0.3 is 9.42 Å². The van der Waals surface area contributed by atoms with E-state index in [1.54, 1.807) is 0 Å². The maximum Gasteiger partial charge on any atom is 0.241 e. The zero-order valence-electron chi connectivity index (χ0n) is 16.6. The molecule has 1 amide bonds. The molecule has 154 valence electrons. The molecule has 0 bridgehead atoms. The number of halogens is 1. The molecule has 1 saturated heterocycles. The lowest BCUT2D eigenvalue weighted by Crippen LogP contribution is -2.42. The minimum Gasteiger partial charge on any atom is -0.338 e. The highest BCUT2D eigenvalue weighted by molar-refractivity contribution is 6.30. The Morgan fingerprint density at radius 2 is 1.93 bits per heavy atom. The number of carbonyl (C=O) groups is 1. The number of aromatic nitrogens is 2. The first-order valence-electron chi connectivity index (χ1n) is 10.4. The number of hydrogen-bond acceptors (Lipinski definition) is 5. The van der Waals surface area contributed by atoms with Crippen LogP contribution in [0.5, 0.6) is 0 Å². The smallest absolute Gasteiger partial charge is 0.241 e. The lowest BCUT2D eigenvalue weighted by atomic mass is 9.95. The molecule has 0 unspecified atom stereocenters. The number of benzene rings is 2. The fraction of sp³-hybridized carbons (Fsp3) is 0.348. The van der Waals surface area contributed by atoms with Crippen LogP contribution < -0.4 is 4.90 Å². The minimum absolute atomic E-state index is 0.0807. The third-order valence-electron chi connectivity index (χ3n) is 6.00. The highest BCUT2D eigenvalue weighted by atomic mass is 35.5. The number of nitrogens with zero attached hydrogens (tertiary/aromatic N) is 4. The van der Waals surface area contributed by atoms with Crippen LogP contribution in [0, 0.1) is 5.92 Å². The monoisotopic (exact) mass is 422 g/mol. The minimum atomic E-state index is 0.0807. The summed E-state index contributed by atoms with van der Waals surface area (Å²) >= 11 is 6.05. The van der Waals surface area contributed by atoms with Crippen LogP contribution in [0.15, 0.2) is 53.1 Å². The molecule has 0 spiro atoms. The quantitative estimate of drug-likeness (QED) is 0.630. The van der Waals surface area contributed by atoms with Crippen molar-refractivity contribution in [1.82, 2.24) is 15.0 Å². The first kappa shape index (κ1) is 19.3. The third-order valence-corrected chi connectivity index (χ3v) is 6.23. The Hall–Kier alpha value is -2.70. The number of piperidine rings is 1. The molecule has 2 aliphatic heterocycles. The second-order valence-electron chi connectivity index (χ2n) is 7.94. The highest BCUT2D eigenvalue weighted by Crippen LogP contribution is 2.31. The van der Waals surface area contributed by atoms with Gasteiger partial charge in [0.05, 0.1) is 6.54 Å². The molecule has 0 aliphatic carbocycles. The van der Waals surface area contributed by atoms with Gasteiger partial charge in [0.15, 0.2) is 0 Å². The Morgan fingerprint density at radius 1 is 1.10 bits per heavy atom. The van der Waals surface area contributed by atoms with E-state index in [1.807, 2.05) is 41.3 Å². The van der Waals surface area contributed by atoms with E-state index >= 15 is 0 Å². The van der Waals surface area contributed by atoms with Crippen molar-refractivity contribution in [3.05, 3.63) is 65.0 Å². The normalized spacial score (nSPS) is 17.3. The largest absolute Gasteiger partial charge is 0.338 e. The van der Waals surface area contributed by atoms with Crippen LogP contribution in [-0.4, -0.2) is 40.6 Å². The topological polar surface area (TPSA) is 62.5 Å². The van der Waals surface area contributed by atoms with Gasteiger partial charge in [-0.2, -0.15) is 4.98 Å². The Labute approximate surface area is 180 Å². The predicted octanol–water partition coefficient (Wildman–Crippen LogP) is 4.19. The molecule has 0 atom stereocenters. The summed E-state index contributed by atoms with van der Waals surface area (Å²) in [7, 11) is 0. The number of rotatable bonds is 4. The molecule has 2 aromatic carbocycles. The molecule has 3 aromatic rings. The molecule has 2 aliphatic rings. The van der Waals surface area contributed by atoms with Crippen LogP contribution in [0.3, 0.4) is 0 Å². The van der Waals surface area contributed by atoms with E-state index in [0.29, 0.717) is 23.3 Å². The van der Waals surface area contributed by atoms with Gasteiger partial charge in [-0.3, -0.25) is 9.69 Å². The summed E-state index contributed by atoms with van der Waals surface area (Å²) in [5.74, 6) is 1.48. The lowest BCUT2D eigenvalue weighted by Gasteiger charge is -2.32. The van der Waals surface area contributed by atoms with E-state index in [9.17, 15) is 4.79 Å². The predicted molar refractivity (Wildman–Crippen MR) is 115 cm³/mol. The van der Waals surface area contributed by atoms with E-state index in [-0.39, 0.29) is 11.8 Å². The average molecular weight is 423 g/mol. The average Bonchev–Trinajstić information content (AvgIpc) is 3.41. The maximum atomic E-state index is 13.1. The number of anilines is 1. The molecule has 7 heteroatoms. The van der Waals surface area contributed by atoms with Gasteiger partial charge in [-0.1, -0.05) is 47.1 Å². The Bertz CT molecular complexity index is 1060. The molecule has 0 N–H and O–H groups in total. The van der Waals surface area contributed by atoms with Gasteiger partial charge in [-0.25, -0.2) is 0 Å². The molecule has 0 radical (unpaired) electrons. The summed E-state index contributed by atoms with van der Waals surface area (Å²) in [5, 5.41) is 4.72. The summed E-state index contributed by atoms with van der Waals surface area (Å²) in [6.07, 6.45) is 2.66. The molecule has 5 rings (SSSR count). The summed E-state index contributed by atoms with van der Waals surface area (Å²) in [5.41, 5.74) is 3.20. The SMILES string of the molecule is O=C(C1CCN(Cc2nc(-c3cccc(Cl)c3)no2)CC1)N1CCc2ccccc21. The fourth-order valence-electron chi connectivity index (χ4n) is 4.38. The third kappa shape index (κ3) is 3.85. The maximum absolute atomic E-state index is 13.1. The number of amides is 1. The van der Waals surface area contributed by atoms with E-state index in [4.69, 9.17) is 16.1 Å². The number of likely N-dealkylation sites (tertiary alicyclic amines) is 1. The van der Waals surface area contributed by atoms with Gasteiger partial charge in [0.2, 0.25) is 17.6 Å². The van der Waals surface area contributed by atoms with Gasteiger partial charge in [0.1, 0.15) is 0 Å². The van der Waals surface area contributed by atoms with E-state index in [2.05, 4.69) is 27.2 Å². The van der Waals surface area contributed by atoms with Crippen molar-refractivity contribution in [3.8, 4) is 11.4 Å². The molecule has 30 heavy (non-hydrogen) atoms. The summed E-state index contributed by atoms with van der Waals surface area (Å²) in [6, 6.07) is 15.6. The van der Waals surface area contributed by atoms with Crippen LogP contribution in [0.2, 0.25) is 5.02 Å². The second-order valence-corrected chi connectivity index (χ2v) is 8.38. The molecule has 0 saturated carbocycles. The zero-order chi connectivity index (χ0) is 20.5. The van der Waals surface area contributed by atoms with Crippen molar-refractivity contribution in [2.24, 2.45) is 5.92 Å². The highest BCUT2D eigenvalue weighted by Gasteiger charge is 2.32. The van der Waals surface area contributed by atoms with E-state index in [1.165, 1.54) is 5.56 Å². The molecule has 1 fully saturated rings. The van der Waals surface area contributed by atoms with Crippen molar-refractivity contribution < 1.29 is 9.32 Å². The van der Waals surface area contributed by atoms with Gasteiger partial charge in [-0.15, -0.1) is 0 Å². The second kappa shape index (κ2) is 8.20. The van der Waals surface area contributed by atoms with E-state index < -0.39 is 0 Å². The van der Waals surface area contributed by atoms with Crippen LogP contribution in [-0.2, 0) is 17.8 Å². The number of para-hydroxylation sites is 1. The van der Waals surface area contributed by atoms with E-state index in [0.717, 1.165) is 50.1 Å². The van der Waals surface area contributed by atoms with Gasteiger partial charge in [-0.05, 0) is 56.1 Å². The van der Waals surface area contributed by atoms with Gasteiger partial charge >= 0.3 is 0 Å². The first-order chi connectivity index (χ1) is 14.7. The number of hydrogen-bond donors (Lipinski definition) is 0. The molecular weight excluding hydrogens is 400 g/mol. The van der Waals surface area contributed by atoms with Crippen LogP contribution in [0.4, 0.5) is 5.69 Å². The fourth-order valence-corrected chi connectivity index (χ4v) is 4.57. The lowest BCUT2D eigenvalue weighted by molar-refractivity contribution is -0.123. The summed E-state index contributed by atoms with van der Waals surface area (Å²) < 4.78 is 5.44. The van der Waals surface area contributed by atoms with Crippen molar-refractivity contribution in [2.75, 3.05) is 24.5 Å². The van der Waals surface area contributed by atoms with Crippen LogP contribution in [0.25, 0.3) is 11.4 Å². The van der Waals surface area contributed by atoms with Crippen molar-refractivity contribution >= 4 is 23.2 Å².